The first-order valence-electron chi connectivity index (χ1n) is 12.8. The Morgan fingerprint density at radius 2 is 1.63 bits per heavy atom. The number of hydrogen-bond acceptors (Lipinski definition) is 3. The van der Waals surface area contributed by atoms with E-state index < -0.39 is 10.0 Å². The van der Waals surface area contributed by atoms with Crippen molar-refractivity contribution in [1.82, 2.24) is 0 Å². The van der Waals surface area contributed by atoms with Crippen LogP contribution < -0.4 is 9.62 Å². The van der Waals surface area contributed by atoms with Gasteiger partial charge in [-0.25, -0.2) is 8.42 Å². The summed E-state index contributed by atoms with van der Waals surface area (Å²) in [4.78, 5) is 12.6. The third kappa shape index (κ3) is 5.10. The molecule has 0 aromatic heterocycles. The number of sulfonamides is 1. The average molecular weight is 515 g/mol. The molecule has 1 amide bonds. The van der Waals surface area contributed by atoms with Crippen molar-refractivity contribution in [2.24, 2.45) is 17.8 Å². The molecule has 0 heterocycles. The second kappa shape index (κ2) is 9.44. The van der Waals surface area contributed by atoms with Crippen LogP contribution in [0.25, 0.3) is 0 Å². The molecule has 0 saturated heterocycles. The highest BCUT2D eigenvalue weighted by atomic mass is 35.5. The van der Waals surface area contributed by atoms with E-state index in [1.165, 1.54) is 54.6 Å². The van der Waals surface area contributed by atoms with Crippen LogP contribution in [-0.2, 0) is 20.2 Å². The van der Waals surface area contributed by atoms with E-state index in [0.29, 0.717) is 28.1 Å². The van der Waals surface area contributed by atoms with Gasteiger partial charge in [-0.3, -0.25) is 9.10 Å². The van der Waals surface area contributed by atoms with Crippen LogP contribution in [-0.4, -0.2) is 27.1 Å². The molecule has 7 heteroatoms. The number of nitrogens with one attached hydrogen (secondary N) is 1. The highest BCUT2D eigenvalue weighted by molar-refractivity contribution is 7.92. The number of carbonyl (C=O) groups excluding carboxylic acids is 1. The van der Waals surface area contributed by atoms with Gasteiger partial charge in [0.2, 0.25) is 15.9 Å². The van der Waals surface area contributed by atoms with Gasteiger partial charge in [0, 0.05) is 23.7 Å². The molecular formula is C28H35ClN2O3S. The van der Waals surface area contributed by atoms with Crippen LogP contribution in [0.2, 0.25) is 5.02 Å². The maximum Gasteiger partial charge on any atom is 0.232 e. The molecule has 4 fully saturated rings. The first-order valence-corrected chi connectivity index (χ1v) is 15.0. The van der Waals surface area contributed by atoms with E-state index in [9.17, 15) is 13.2 Å². The van der Waals surface area contributed by atoms with Gasteiger partial charge in [-0.15, -0.1) is 0 Å². The van der Waals surface area contributed by atoms with Crippen molar-refractivity contribution >= 4 is 38.9 Å². The molecule has 4 bridgehead atoms. The molecular weight excluding hydrogens is 480 g/mol. The Bertz CT molecular complexity index is 1170. The highest BCUT2D eigenvalue weighted by Gasteiger charge is 2.51. The lowest BCUT2D eigenvalue weighted by Gasteiger charge is -2.57. The van der Waals surface area contributed by atoms with E-state index in [1.807, 2.05) is 12.1 Å². The van der Waals surface area contributed by atoms with Crippen LogP contribution in [0, 0.1) is 24.7 Å². The number of benzene rings is 2. The summed E-state index contributed by atoms with van der Waals surface area (Å²) in [7, 11) is -3.50. The number of nitrogens with zero attached hydrogens (tertiary/aromatic N) is 1. The van der Waals surface area contributed by atoms with Crippen molar-refractivity contribution in [1.29, 1.82) is 0 Å². The summed E-state index contributed by atoms with van der Waals surface area (Å²) in [6.07, 6.45) is 10.1. The summed E-state index contributed by atoms with van der Waals surface area (Å²) in [5.74, 6) is 2.61. The van der Waals surface area contributed by atoms with E-state index in [2.05, 4.69) is 17.4 Å². The minimum absolute atomic E-state index is 0.108. The summed E-state index contributed by atoms with van der Waals surface area (Å²) in [6.45, 7) is 2.02. The fraction of sp³-hybridized carbons (Fsp3) is 0.536. The zero-order valence-corrected chi connectivity index (χ0v) is 22.2. The van der Waals surface area contributed by atoms with E-state index in [0.717, 1.165) is 23.4 Å². The fourth-order valence-electron chi connectivity index (χ4n) is 7.31. The molecule has 4 aliphatic rings. The molecule has 4 saturated carbocycles. The van der Waals surface area contributed by atoms with Gasteiger partial charge in [0.25, 0.3) is 0 Å². The number of amides is 1. The number of rotatable bonds is 8. The molecule has 5 nitrogen and oxygen atoms in total. The molecule has 0 spiro atoms. The second-order valence-corrected chi connectivity index (χ2v) is 13.5. The minimum Gasteiger partial charge on any atom is -0.326 e. The Morgan fingerprint density at radius 1 is 1.03 bits per heavy atom. The topological polar surface area (TPSA) is 66.5 Å². The lowest BCUT2D eigenvalue weighted by atomic mass is 9.48. The predicted octanol–water partition coefficient (Wildman–Crippen LogP) is 6.30. The van der Waals surface area contributed by atoms with E-state index in [1.54, 1.807) is 25.1 Å². The van der Waals surface area contributed by atoms with Gasteiger partial charge in [-0.2, -0.15) is 0 Å². The maximum absolute atomic E-state index is 12.6. The number of carbonyl (C=O) groups is 1. The van der Waals surface area contributed by atoms with Crippen LogP contribution in [0.5, 0.6) is 0 Å². The molecule has 6 rings (SSSR count). The second-order valence-electron chi connectivity index (χ2n) is 11.1. The minimum atomic E-state index is -3.50. The fourth-order valence-corrected chi connectivity index (χ4v) is 8.49. The molecule has 1 N–H and O–H groups in total. The molecule has 4 aliphatic carbocycles. The van der Waals surface area contributed by atoms with Crippen molar-refractivity contribution < 1.29 is 13.2 Å². The van der Waals surface area contributed by atoms with E-state index in [-0.39, 0.29) is 18.9 Å². The standard InChI is InChI=1S/C28H35ClN2O3S/c1-19-25(29)5-3-6-26(19)31(35(2,33)34)12-4-7-27(32)30-24-10-8-23(9-11-24)28-16-20-13-21(17-28)15-22(14-20)18-28/h3,5-6,8-11,20-22H,4,7,12-18H2,1-2H3,(H,30,32). The smallest absolute Gasteiger partial charge is 0.232 e. The molecule has 2 aromatic rings. The van der Waals surface area contributed by atoms with Crippen molar-refractivity contribution in [2.45, 2.75) is 63.7 Å². The van der Waals surface area contributed by atoms with Gasteiger partial charge >= 0.3 is 0 Å². The van der Waals surface area contributed by atoms with E-state index in [4.69, 9.17) is 11.6 Å². The lowest BCUT2D eigenvalue weighted by Crippen LogP contribution is -2.48. The molecule has 2 aromatic carbocycles. The Kier molecular flexibility index (Phi) is 6.64. The van der Waals surface area contributed by atoms with Gasteiger partial charge in [-0.05, 0) is 110 Å². The largest absolute Gasteiger partial charge is 0.326 e. The Labute approximate surface area is 214 Å². The number of hydrogen-bond donors (Lipinski definition) is 1. The van der Waals surface area contributed by atoms with Crippen LogP contribution in [0.4, 0.5) is 11.4 Å². The molecule has 188 valence electrons. The molecule has 0 aliphatic heterocycles. The van der Waals surface area contributed by atoms with E-state index >= 15 is 0 Å². The van der Waals surface area contributed by atoms with Crippen LogP contribution in [0.1, 0.15) is 62.5 Å². The summed E-state index contributed by atoms with van der Waals surface area (Å²) >= 11 is 6.20. The van der Waals surface area contributed by atoms with Gasteiger partial charge < -0.3 is 5.32 Å². The molecule has 35 heavy (non-hydrogen) atoms. The third-order valence-electron chi connectivity index (χ3n) is 8.49. The zero-order chi connectivity index (χ0) is 24.8. The summed E-state index contributed by atoms with van der Waals surface area (Å²) < 4.78 is 26.1. The highest BCUT2D eigenvalue weighted by Crippen LogP contribution is 2.60. The number of anilines is 2. The Morgan fingerprint density at radius 3 is 2.20 bits per heavy atom. The van der Waals surface area contributed by atoms with Gasteiger partial charge in [0.15, 0.2) is 0 Å². The van der Waals surface area contributed by atoms with Crippen LogP contribution in [0.3, 0.4) is 0 Å². The summed E-state index contributed by atoms with van der Waals surface area (Å²) in [5.41, 5.74) is 3.86. The van der Waals surface area contributed by atoms with Crippen molar-refractivity contribution in [3.05, 3.63) is 58.6 Å². The molecule has 0 unspecified atom stereocenters. The normalized spacial score (nSPS) is 27.1. The third-order valence-corrected chi connectivity index (χ3v) is 10.1. The maximum atomic E-state index is 12.6. The van der Waals surface area contributed by atoms with Gasteiger partial charge in [0.1, 0.15) is 0 Å². The van der Waals surface area contributed by atoms with Gasteiger partial charge in [0.05, 0.1) is 11.9 Å². The predicted molar refractivity (Wildman–Crippen MR) is 143 cm³/mol. The summed E-state index contributed by atoms with van der Waals surface area (Å²) in [6, 6.07) is 13.7. The van der Waals surface area contributed by atoms with Gasteiger partial charge in [-0.1, -0.05) is 29.8 Å². The quantitative estimate of drug-likeness (QED) is 0.449. The monoisotopic (exact) mass is 514 g/mol. The summed E-state index contributed by atoms with van der Waals surface area (Å²) in [5, 5.41) is 3.51. The molecule has 0 radical (unpaired) electrons. The van der Waals surface area contributed by atoms with Crippen molar-refractivity contribution in [3.8, 4) is 0 Å². The van der Waals surface area contributed by atoms with Crippen molar-refractivity contribution in [2.75, 3.05) is 22.4 Å². The molecule has 0 atom stereocenters. The zero-order valence-electron chi connectivity index (χ0n) is 20.6. The first-order chi connectivity index (χ1) is 16.6. The first kappa shape index (κ1) is 24.6. The number of halogens is 1. The average Bonchev–Trinajstić information content (AvgIpc) is 2.78. The Balaban J connectivity index is 1.18. The van der Waals surface area contributed by atoms with Crippen LogP contribution in [0.15, 0.2) is 42.5 Å². The lowest BCUT2D eigenvalue weighted by molar-refractivity contribution is -0.116. The Hall–Kier alpha value is -2.05. The SMILES string of the molecule is Cc1c(Cl)cccc1N(CCCC(=O)Nc1ccc(C23CC4CC(CC(C4)C2)C3)cc1)S(C)(=O)=O. The van der Waals surface area contributed by atoms with Crippen molar-refractivity contribution in [3.63, 3.8) is 0 Å². The van der Waals surface area contributed by atoms with Crippen LogP contribution >= 0.6 is 11.6 Å².